The number of methoxy groups -OCH3 is 1. The first-order valence-electron chi connectivity index (χ1n) is 10.3. The summed E-state index contributed by atoms with van der Waals surface area (Å²) in [4.78, 5) is 4.69. The van der Waals surface area contributed by atoms with Crippen LogP contribution in [-0.4, -0.2) is 38.9 Å². The zero-order valence-corrected chi connectivity index (χ0v) is 17.3. The molecule has 0 bridgehead atoms. The summed E-state index contributed by atoms with van der Waals surface area (Å²) >= 11 is 0. The van der Waals surface area contributed by atoms with E-state index in [1.54, 1.807) is 7.11 Å². The lowest BCUT2D eigenvalue weighted by Gasteiger charge is -2.15. The number of aliphatic imine (C=N–C) groups is 1. The van der Waals surface area contributed by atoms with E-state index in [0.717, 1.165) is 55.4 Å². The average molecular weight is 398 g/mol. The predicted octanol–water partition coefficient (Wildman–Crippen LogP) is 3.51. The maximum atomic E-state index is 5.93. The summed E-state index contributed by atoms with van der Waals surface area (Å²) in [5.41, 5.74) is 2.18. The van der Waals surface area contributed by atoms with E-state index in [-0.39, 0.29) is 6.10 Å². The molecule has 1 heterocycles. The number of guanidine groups is 1. The summed E-state index contributed by atoms with van der Waals surface area (Å²) in [5.74, 6) is 2.24. The lowest BCUT2D eigenvalue weighted by atomic mass is 10.2. The van der Waals surface area contributed by atoms with Gasteiger partial charge in [0, 0.05) is 19.7 Å². The number of hydrogen-bond acceptors (Lipinski definition) is 4. The molecule has 6 heteroatoms. The molecule has 3 rings (SSSR count). The molecule has 1 unspecified atom stereocenters. The molecule has 2 aromatic rings. The first-order valence-corrected chi connectivity index (χ1v) is 10.3. The number of nitrogens with one attached hydrogen (secondary N) is 2. The minimum atomic E-state index is 0.278. The molecule has 2 aromatic carbocycles. The van der Waals surface area contributed by atoms with Gasteiger partial charge < -0.3 is 24.8 Å². The van der Waals surface area contributed by atoms with Gasteiger partial charge in [0.1, 0.15) is 6.61 Å². The van der Waals surface area contributed by atoms with Gasteiger partial charge in [-0.25, -0.2) is 4.99 Å². The Morgan fingerprint density at radius 1 is 1.10 bits per heavy atom. The highest BCUT2D eigenvalue weighted by molar-refractivity contribution is 5.79. The first kappa shape index (κ1) is 21.0. The Labute approximate surface area is 173 Å². The summed E-state index contributed by atoms with van der Waals surface area (Å²) in [7, 11) is 1.66. The van der Waals surface area contributed by atoms with Crippen molar-refractivity contribution in [1.82, 2.24) is 10.6 Å². The maximum Gasteiger partial charge on any atom is 0.191 e. The summed E-state index contributed by atoms with van der Waals surface area (Å²) < 4.78 is 17.1. The SMILES string of the molecule is CCNC(=NCc1ccc(OCc2ccccc2)c(OC)c1)NCC1CCCO1. The van der Waals surface area contributed by atoms with Crippen LogP contribution in [0, 0.1) is 0 Å². The van der Waals surface area contributed by atoms with Crippen LogP contribution in [0.4, 0.5) is 0 Å². The highest BCUT2D eigenvalue weighted by Crippen LogP contribution is 2.29. The molecule has 29 heavy (non-hydrogen) atoms. The minimum absolute atomic E-state index is 0.278. The Hall–Kier alpha value is -2.73. The van der Waals surface area contributed by atoms with Crippen LogP contribution in [-0.2, 0) is 17.9 Å². The van der Waals surface area contributed by atoms with Crippen LogP contribution in [0.2, 0.25) is 0 Å². The highest BCUT2D eigenvalue weighted by Gasteiger charge is 2.15. The zero-order chi connectivity index (χ0) is 20.3. The molecule has 0 amide bonds. The molecule has 0 radical (unpaired) electrons. The lowest BCUT2D eigenvalue weighted by molar-refractivity contribution is 0.114. The van der Waals surface area contributed by atoms with Gasteiger partial charge in [0.05, 0.1) is 19.8 Å². The molecule has 1 saturated heterocycles. The third kappa shape index (κ3) is 6.68. The predicted molar refractivity (Wildman–Crippen MR) is 116 cm³/mol. The topological polar surface area (TPSA) is 64.1 Å². The van der Waals surface area contributed by atoms with E-state index in [1.165, 1.54) is 0 Å². The number of ether oxygens (including phenoxy) is 3. The van der Waals surface area contributed by atoms with Gasteiger partial charge in [-0.15, -0.1) is 0 Å². The molecule has 1 aliphatic rings. The monoisotopic (exact) mass is 397 g/mol. The minimum Gasteiger partial charge on any atom is -0.493 e. The van der Waals surface area contributed by atoms with Crippen molar-refractivity contribution in [3.8, 4) is 11.5 Å². The first-order chi connectivity index (χ1) is 14.3. The Kier molecular flexibility index (Phi) is 8.19. The second-order valence-electron chi connectivity index (χ2n) is 6.97. The van der Waals surface area contributed by atoms with E-state index in [2.05, 4.69) is 22.5 Å². The van der Waals surface area contributed by atoms with Gasteiger partial charge in [0.15, 0.2) is 17.5 Å². The molecule has 0 spiro atoms. The Bertz CT molecular complexity index is 774. The molecule has 1 fully saturated rings. The maximum absolute atomic E-state index is 5.93. The van der Waals surface area contributed by atoms with Gasteiger partial charge >= 0.3 is 0 Å². The lowest BCUT2D eigenvalue weighted by Crippen LogP contribution is -2.41. The number of benzene rings is 2. The van der Waals surface area contributed by atoms with Gasteiger partial charge in [0.25, 0.3) is 0 Å². The third-order valence-electron chi connectivity index (χ3n) is 4.75. The quantitative estimate of drug-likeness (QED) is 0.501. The van der Waals surface area contributed by atoms with E-state index in [0.29, 0.717) is 18.9 Å². The fourth-order valence-corrected chi connectivity index (χ4v) is 3.19. The number of rotatable bonds is 9. The summed E-state index contributed by atoms with van der Waals surface area (Å²) in [6.07, 6.45) is 2.52. The second kappa shape index (κ2) is 11.3. The van der Waals surface area contributed by atoms with E-state index >= 15 is 0 Å². The molecular weight excluding hydrogens is 366 g/mol. The average Bonchev–Trinajstić information content (AvgIpc) is 3.29. The van der Waals surface area contributed by atoms with Crippen molar-refractivity contribution in [2.75, 3.05) is 26.8 Å². The van der Waals surface area contributed by atoms with E-state index in [4.69, 9.17) is 14.2 Å². The van der Waals surface area contributed by atoms with Crippen molar-refractivity contribution in [2.45, 2.75) is 39.0 Å². The fourth-order valence-electron chi connectivity index (χ4n) is 3.19. The molecular formula is C23H31N3O3. The smallest absolute Gasteiger partial charge is 0.191 e. The van der Waals surface area contributed by atoms with Crippen LogP contribution in [0.3, 0.4) is 0 Å². The van der Waals surface area contributed by atoms with Crippen LogP contribution in [0.5, 0.6) is 11.5 Å². The van der Waals surface area contributed by atoms with Gasteiger partial charge in [0.2, 0.25) is 0 Å². The van der Waals surface area contributed by atoms with Gasteiger partial charge in [-0.1, -0.05) is 36.4 Å². The second-order valence-corrected chi connectivity index (χ2v) is 6.97. The molecule has 1 aliphatic heterocycles. The molecule has 0 aromatic heterocycles. The Morgan fingerprint density at radius 3 is 2.69 bits per heavy atom. The van der Waals surface area contributed by atoms with Gasteiger partial charge in [-0.2, -0.15) is 0 Å². The molecule has 2 N–H and O–H groups in total. The van der Waals surface area contributed by atoms with E-state index < -0.39 is 0 Å². The van der Waals surface area contributed by atoms with E-state index in [1.807, 2.05) is 48.5 Å². The van der Waals surface area contributed by atoms with Crippen molar-refractivity contribution in [1.29, 1.82) is 0 Å². The summed E-state index contributed by atoms with van der Waals surface area (Å²) in [6, 6.07) is 16.0. The summed E-state index contributed by atoms with van der Waals surface area (Å²) in [6.45, 7) is 5.57. The summed E-state index contributed by atoms with van der Waals surface area (Å²) in [5, 5.41) is 6.65. The molecule has 0 saturated carbocycles. The fraction of sp³-hybridized carbons (Fsp3) is 0.435. The molecule has 1 atom stereocenters. The van der Waals surface area contributed by atoms with Crippen molar-refractivity contribution < 1.29 is 14.2 Å². The van der Waals surface area contributed by atoms with Gasteiger partial charge in [-0.3, -0.25) is 0 Å². The van der Waals surface area contributed by atoms with Crippen LogP contribution in [0.1, 0.15) is 30.9 Å². The standard InChI is InChI=1S/C23H31N3O3/c1-3-24-23(26-16-20-10-7-13-28-20)25-15-19-11-12-21(22(14-19)27-2)29-17-18-8-5-4-6-9-18/h4-6,8-9,11-12,14,20H,3,7,10,13,15-17H2,1-2H3,(H2,24,25,26). The van der Waals surface area contributed by atoms with Crippen molar-refractivity contribution >= 4 is 5.96 Å². The Morgan fingerprint density at radius 2 is 1.97 bits per heavy atom. The number of nitrogens with zero attached hydrogens (tertiary/aromatic N) is 1. The van der Waals surface area contributed by atoms with Crippen molar-refractivity contribution in [3.63, 3.8) is 0 Å². The molecule has 6 nitrogen and oxygen atoms in total. The van der Waals surface area contributed by atoms with Crippen LogP contribution >= 0.6 is 0 Å². The van der Waals surface area contributed by atoms with Gasteiger partial charge in [-0.05, 0) is 43.0 Å². The molecule has 156 valence electrons. The largest absolute Gasteiger partial charge is 0.493 e. The van der Waals surface area contributed by atoms with Crippen molar-refractivity contribution in [3.05, 3.63) is 59.7 Å². The van der Waals surface area contributed by atoms with Crippen molar-refractivity contribution in [2.24, 2.45) is 4.99 Å². The van der Waals surface area contributed by atoms with Crippen LogP contribution in [0.15, 0.2) is 53.5 Å². The zero-order valence-electron chi connectivity index (χ0n) is 17.3. The Balaban J connectivity index is 1.59. The number of hydrogen-bond donors (Lipinski definition) is 2. The van der Waals surface area contributed by atoms with Crippen LogP contribution in [0.25, 0.3) is 0 Å². The van der Waals surface area contributed by atoms with Crippen LogP contribution < -0.4 is 20.1 Å². The highest BCUT2D eigenvalue weighted by atomic mass is 16.5. The van der Waals surface area contributed by atoms with E-state index in [9.17, 15) is 0 Å². The normalized spacial score (nSPS) is 16.5. The third-order valence-corrected chi connectivity index (χ3v) is 4.75. The molecule has 0 aliphatic carbocycles.